The maximum Gasteiger partial charge on any atom is 0.305 e. The Morgan fingerprint density at radius 1 is 0.778 bits per heavy atom. The fraction of sp³-hybridized carbons (Fsp3) is 0.720. The molecule has 0 aliphatic heterocycles. The number of rotatable bonds is 17. The summed E-state index contributed by atoms with van der Waals surface area (Å²) in [6, 6.07) is 11.1. The highest BCUT2D eigenvalue weighted by Crippen LogP contribution is 2.28. The molecule has 0 aromatic heterocycles. The van der Waals surface area contributed by atoms with E-state index in [4.69, 9.17) is 0 Å². The van der Waals surface area contributed by atoms with Gasteiger partial charge in [0.25, 0.3) is 0 Å². The molecule has 0 saturated carbocycles. The molecule has 0 radical (unpaired) electrons. The Balaban J connectivity index is 2.04. The van der Waals surface area contributed by atoms with Gasteiger partial charge in [-0.1, -0.05) is 108 Å². The zero-order valence-corrected chi connectivity index (χ0v) is 17.9. The lowest BCUT2D eigenvalue weighted by Gasteiger charge is -2.17. The molecule has 154 valence electrons. The maximum absolute atomic E-state index is 11.0. The molecule has 1 aromatic rings. The largest absolute Gasteiger partial charge is 0.469 e. The van der Waals surface area contributed by atoms with Crippen molar-refractivity contribution in [3.8, 4) is 0 Å². The summed E-state index contributed by atoms with van der Waals surface area (Å²) in [5.41, 5.74) is 1.54. The van der Waals surface area contributed by atoms with Gasteiger partial charge < -0.3 is 4.74 Å². The third-order valence-electron chi connectivity index (χ3n) is 5.59. The Hall–Kier alpha value is -1.31. The summed E-state index contributed by atoms with van der Waals surface area (Å²) < 4.78 is 4.67. The van der Waals surface area contributed by atoms with Crippen molar-refractivity contribution >= 4 is 5.97 Å². The van der Waals surface area contributed by atoms with Gasteiger partial charge in [-0.15, -0.1) is 0 Å². The van der Waals surface area contributed by atoms with E-state index in [0.29, 0.717) is 6.42 Å². The summed E-state index contributed by atoms with van der Waals surface area (Å²) in [5.74, 6) is 0.686. The third-order valence-corrected chi connectivity index (χ3v) is 5.59. The van der Waals surface area contributed by atoms with Crippen molar-refractivity contribution in [2.45, 2.75) is 109 Å². The van der Waals surface area contributed by atoms with Gasteiger partial charge in [-0.3, -0.25) is 4.79 Å². The molecule has 2 heteroatoms. The fourth-order valence-corrected chi connectivity index (χ4v) is 3.84. The Kier molecular flexibility index (Phi) is 14.8. The van der Waals surface area contributed by atoms with E-state index in [1.54, 1.807) is 5.56 Å². The number of ether oxygens (including phenoxy) is 1. The highest BCUT2D eigenvalue weighted by Gasteiger charge is 2.10. The molecule has 0 spiro atoms. The van der Waals surface area contributed by atoms with Crippen LogP contribution in [0.1, 0.15) is 115 Å². The van der Waals surface area contributed by atoms with Crippen LogP contribution in [-0.4, -0.2) is 13.1 Å². The lowest BCUT2D eigenvalue weighted by Crippen LogP contribution is -1.99. The zero-order valence-electron chi connectivity index (χ0n) is 17.9. The number of carbonyl (C=O) groups excluding carboxylic acids is 1. The first-order valence-electron chi connectivity index (χ1n) is 11.4. The molecule has 1 atom stereocenters. The van der Waals surface area contributed by atoms with Crippen LogP contribution in [0.25, 0.3) is 0 Å². The van der Waals surface area contributed by atoms with Crippen molar-refractivity contribution in [1.82, 2.24) is 0 Å². The summed E-state index contributed by atoms with van der Waals surface area (Å²) in [6.07, 6.45) is 18.8. The van der Waals surface area contributed by atoms with E-state index in [0.717, 1.165) is 18.8 Å². The highest BCUT2D eigenvalue weighted by molar-refractivity contribution is 5.68. The minimum atomic E-state index is -0.0708. The Labute approximate surface area is 168 Å². The second kappa shape index (κ2) is 16.8. The van der Waals surface area contributed by atoms with Gasteiger partial charge in [0, 0.05) is 6.42 Å². The summed E-state index contributed by atoms with van der Waals surface area (Å²) >= 11 is 0. The summed E-state index contributed by atoms with van der Waals surface area (Å²) in [7, 11) is 1.47. The molecular formula is C25H42O2. The summed E-state index contributed by atoms with van der Waals surface area (Å²) in [6.45, 7) is 2.29. The van der Waals surface area contributed by atoms with Crippen LogP contribution in [0.3, 0.4) is 0 Å². The molecule has 0 saturated heterocycles. The number of benzene rings is 1. The summed E-state index contributed by atoms with van der Waals surface area (Å²) in [5, 5.41) is 0. The second-order valence-corrected chi connectivity index (χ2v) is 7.90. The van der Waals surface area contributed by atoms with Crippen LogP contribution in [0.15, 0.2) is 30.3 Å². The SMILES string of the molecule is CCCCCC(CCCCCCCCCCCC(=O)OC)c1ccccc1. The topological polar surface area (TPSA) is 26.3 Å². The standard InChI is InChI=1S/C25H42O2/c1-3-4-13-18-23(24-20-15-12-16-21-24)19-14-10-8-6-5-7-9-11-17-22-25(26)27-2/h12,15-16,20-21,23H,3-11,13-14,17-19,22H2,1-2H3. The molecule has 0 aliphatic carbocycles. The van der Waals surface area contributed by atoms with Crippen molar-refractivity contribution in [2.24, 2.45) is 0 Å². The lowest BCUT2D eigenvalue weighted by atomic mass is 9.88. The molecule has 0 heterocycles. The Morgan fingerprint density at radius 3 is 1.85 bits per heavy atom. The molecule has 2 nitrogen and oxygen atoms in total. The first kappa shape index (κ1) is 23.7. The van der Waals surface area contributed by atoms with Gasteiger partial charge in [-0.25, -0.2) is 0 Å². The molecule has 0 amide bonds. The van der Waals surface area contributed by atoms with Crippen LogP contribution in [0.5, 0.6) is 0 Å². The number of unbranched alkanes of at least 4 members (excludes halogenated alkanes) is 10. The molecule has 0 aliphatic rings. The molecule has 1 unspecified atom stereocenters. The van der Waals surface area contributed by atoms with Gasteiger partial charge in [0.1, 0.15) is 0 Å². The second-order valence-electron chi connectivity index (χ2n) is 7.90. The van der Waals surface area contributed by atoms with Crippen molar-refractivity contribution in [2.75, 3.05) is 7.11 Å². The predicted octanol–water partition coefficient (Wildman–Crippen LogP) is 7.81. The Morgan fingerprint density at radius 2 is 1.30 bits per heavy atom. The molecule has 27 heavy (non-hydrogen) atoms. The smallest absolute Gasteiger partial charge is 0.305 e. The van der Waals surface area contributed by atoms with Crippen LogP contribution in [0.4, 0.5) is 0 Å². The monoisotopic (exact) mass is 374 g/mol. The van der Waals surface area contributed by atoms with E-state index in [1.807, 2.05) is 0 Å². The van der Waals surface area contributed by atoms with Crippen molar-refractivity contribution in [3.05, 3.63) is 35.9 Å². The molecule has 1 aromatic carbocycles. The van der Waals surface area contributed by atoms with Gasteiger partial charge in [0.2, 0.25) is 0 Å². The maximum atomic E-state index is 11.0. The van der Waals surface area contributed by atoms with Gasteiger partial charge >= 0.3 is 5.97 Å². The average molecular weight is 375 g/mol. The highest BCUT2D eigenvalue weighted by atomic mass is 16.5. The van der Waals surface area contributed by atoms with E-state index in [2.05, 4.69) is 42.0 Å². The predicted molar refractivity (Wildman–Crippen MR) is 116 cm³/mol. The van der Waals surface area contributed by atoms with Gasteiger partial charge in [0.05, 0.1) is 7.11 Å². The Bertz CT molecular complexity index is 455. The van der Waals surface area contributed by atoms with Crippen LogP contribution >= 0.6 is 0 Å². The van der Waals surface area contributed by atoms with E-state index >= 15 is 0 Å². The number of carbonyl (C=O) groups is 1. The first-order chi connectivity index (χ1) is 13.3. The number of esters is 1. The van der Waals surface area contributed by atoms with Crippen LogP contribution in [-0.2, 0) is 9.53 Å². The normalized spacial score (nSPS) is 12.1. The molecule has 0 fully saturated rings. The third kappa shape index (κ3) is 12.7. The van der Waals surface area contributed by atoms with E-state index in [1.165, 1.54) is 84.2 Å². The van der Waals surface area contributed by atoms with Gasteiger partial charge in [-0.05, 0) is 30.7 Å². The lowest BCUT2D eigenvalue weighted by molar-refractivity contribution is -0.140. The number of methoxy groups -OCH3 is 1. The van der Waals surface area contributed by atoms with Crippen LogP contribution < -0.4 is 0 Å². The molecule has 0 N–H and O–H groups in total. The fourth-order valence-electron chi connectivity index (χ4n) is 3.84. The zero-order chi connectivity index (χ0) is 19.6. The number of hydrogen-bond donors (Lipinski definition) is 0. The van der Waals surface area contributed by atoms with Gasteiger partial charge in [0.15, 0.2) is 0 Å². The first-order valence-corrected chi connectivity index (χ1v) is 11.4. The number of hydrogen-bond acceptors (Lipinski definition) is 2. The summed E-state index contributed by atoms with van der Waals surface area (Å²) in [4.78, 5) is 11.0. The van der Waals surface area contributed by atoms with Crippen molar-refractivity contribution in [3.63, 3.8) is 0 Å². The quantitative estimate of drug-likeness (QED) is 0.205. The minimum Gasteiger partial charge on any atom is -0.469 e. The van der Waals surface area contributed by atoms with Crippen LogP contribution in [0.2, 0.25) is 0 Å². The molecule has 1 rings (SSSR count). The van der Waals surface area contributed by atoms with Crippen molar-refractivity contribution < 1.29 is 9.53 Å². The minimum absolute atomic E-state index is 0.0708. The average Bonchev–Trinajstić information content (AvgIpc) is 2.71. The van der Waals surface area contributed by atoms with Gasteiger partial charge in [-0.2, -0.15) is 0 Å². The molecular weight excluding hydrogens is 332 g/mol. The van der Waals surface area contributed by atoms with Crippen LogP contribution in [0, 0.1) is 0 Å². The molecule has 0 bridgehead atoms. The van der Waals surface area contributed by atoms with E-state index < -0.39 is 0 Å². The van der Waals surface area contributed by atoms with E-state index in [-0.39, 0.29) is 5.97 Å². The van der Waals surface area contributed by atoms with E-state index in [9.17, 15) is 4.79 Å². The van der Waals surface area contributed by atoms with Crippen molar-refractivity contribution in [1.29, 1.82) is 0 Å².